The van der Waals surface area contributed by atoms with E-state index in [1.165, 1.54) is 6.07 Å². The van der Waals surface area contributed by atoms with Gasteiger partial charge in [0, 0.05) is 15.7 Å². The Morgan fingerprint density at radius 3 is 2.52 bits per heavy atom. The predicted octanol–water partition coefficient (Wildman–Crippen LogP) is 3.85. The van der Waals surface area contributed by atoms with E-state index in [0.717, 1.165) is 22.2 Å². The molecule has 0 unspecified atom stereocenters. The van der Waals surface area contributed by atoms with Gasteiger partial charge in [-0.25, -0.2) is 9.18 Å². The Balaban J connectivity index is 2.29. The zero-order chi connectivity index (χ0) is 15.6. The first-order valence-electron chi connectivity index (χ1n) is 5.99. The number of carbonyl (C=O) groups is 2. The van der Waals surface area contributed by atoms with Crippen molar-refractivity contribution in [2.24, 2.45) is 0 Å². The number of hydrogen-bond acceptors (Lipinski definition) is 2. The third kappa shape index (κ3) is 3.46. The number of aromatic carboxylic acids is 1. The van der Waals surface area contributed by atoms with Crippen molar-refractivity contribution >= 4 is 33.5 Å². The Kier molecular flexibility index (Phi) is 4.37. The highest BCUT2D eigenvalue weighted by atomic mass is 79.9. The average molecular weight is 352 g/mol. The summed E-state index contributed by atoms with van der Waals surface area (Å²) in [7, 11) is 0. The number of hydrogen-bond donors (Lipinski definition) is 2. The maximum absolute atomic E-state index is 13.3. The highest BCUT2D eigenvalue weighted by Gasteiger charge is 2.14. The molecule has 1 amide bonds. The molecule has 0 bridgehead atoms. The molecule has 108 valence electrons. The van der Waals surface area contributed by atoms with Crippen LogP contribution >= 0.6 is 15.9 Å². The van der Waals surface area contributed by atoms with Gasteiger partial charge in [-0.05, 0) is 42.8 Å². The third-order valence-corrected chi connectivity index (χ3v) is 3.39. The predicted molar refractivity (Wildman–Crippen MR) is 80.2 cm³/mol. The van der Waals surface area contributed by atoms with Gasteiger partial charge in [0.1, 0.15) is 5.82 Å². The molecule has 2 N–H and O–H groups in total. The van der Waals surface area contributed by atoms with Crippen LogP contribution in [0.15, 0.2) is 40.9 Å². The van der Waals surface area contributed by atoms with E-state index in [1.807, 2.05) is 6.07 Å². The summed E-state index contributed by atoms with van der Waals surface area (Å²) >= 11 is 3.28. The normalized spacial score (nSPS) is 10.2. The summed E-state index contributed by atoms with van der Waals surface area (Å²) in [6, 6.07) is 8.66. The van der Waals surface area contributed by atoms with Crippen LogP contribution in [0.4, 0.5) is 10.1 Å². The van der Waals surface area contributed by atoms with Crippen LogP contribution in [0.2, 0.25) is 0 Å². The number of carboxylic acid groups (broad SMARTS) is 1. The van der Waals surface area contributed by atoms with Crippen molar-refractivity contribution in [1.82, 2.24) is 0 Å². The molecule has 0 radical (unpaired) electrons. The van der Waals surface area contributed by atoms with Gasteiger partial charge < -0.3 is 10.4 Å². The number of amides is 1. The Hall–Kier alpha value is -2.21. The van der Waals surface area contributed by atoms with Gasteiger partial charge in [-0.15, -0.1) is 0 Å². The van der Waals surface area contributed by atoms with Gasteiger partial charge in [0.15, 0.2) is 0 Å². The summed E-state index contributed by atoms with van der Waals surface area (Å²) in [6.07, 6.45) is 0. The number of halogens is 2. The fourth-order valence-electron chi connectivity index (χ4n) is 1.80. The van der Waals surface area contributed by atoms with E-state index < -0.39 is 23.3 Å². The molecule has 21 heavy (non-hydrogen) atoms. The van der Waals surface area contributed by atoms with Crippen molar-refractivity contribution < 1.29 is 19.1 Å². The van der Waals surface area contributed by atoms with Crippen molar-refractivity contribution in [1.29, 1.82) is 0 Å². The highest BCUT2D eigenvalue weighted by Crippen LogP contribution is 2.19. The number of carboxylic acids is 1. The average Bonchev–Trinajstić information content (AvgIpc) is 2.43. The van der Waals surface area contributed by atoms with Crippen LogP contribution in [0.3, 0.4) is 0 Å². The summed E-state index contributed by atoms with van der Waals surface area (Å²) in [6.45, 7) is 1.79. The SMILES string of the molecule is Cc1ccc(Br)cc1C(=O)Nc1ccc(F)c(C(=O)O)c1. The molecule has 6 heteroatoms. The first-order valence-corrected chi connectivity index (χ1v) is 6.78. The number of benzene rings is 2. The molecule has 0 saturated carbocycles. The van der Waals surface area contributed by atoms with Gasteiger partial charge >= 0.3 is 5.97 Å². The van der Waals surface area contributed by atoms with E-state index in [2.05, 4.69) is 21.2 Å². The molecule has 0 atom stereocenters. The molecule has 0 spiro atoms. The molecule has 2 aromatic carbocycles. The van der Waals surface area contributed by atoms with E-state index >= 15 is 0 Å². The Bertz CT molecular complexity index is 731. The van der Waals surface area contributed by atoms with E-state index in [-0.39, 0.29) is 5.69 Å². The molecule has 0 aliphatic heterocycles. The second-order valence-corrected chi connectivity index (χ2v) is 5.33. The van der Waals surface area contributed by atoms with Gasteiger partial charge in [-0.2, -0.15) is 0 Å². The van der Waals surface area contributed by atoms with Crippen molar-refractivity contribution in [3.8, 4) is 0 Å². The van der Waals surface area contributed by atoms with Crippen LogP contribution in [-0.2, 0) is 0 Å². The molecule has 2 rings (SSSR count). The molecule has 2 aromatic rings. The van der Waals surface area contributed by atoms with Crippen LogP contribution in [-0.4, -0.2) is 17.0 Å². The minimum Gasteiger partial charge on any atom is -0.478 e. The van der Waals surface area contributed by atoms with Crippen LogP contribution in [0, 0.1) is 12.7 Å². The minimum absolute atomic E-state index is 0.221. The van der Waals surface area contributed by atoms with Gasteiger partial charge in [-0.3, -0.25) is 4.79 Å². The van der Waals surface area contributed by atoms with Crippen LogP contribution in [0.25, 0.3) is 0 Å². The van der Waals surface area contributed by atoms with Crippen LogP contribution < -0.4 is 5.32 Å². The number of aryl methyl sites for hydroxylation is 1. The van der Waals surface area contributed by atoms with Gasteiger partial charge in [0.05, 0.1) is 5.56 Å². The zero-order valence-corrected chi connectivity index (χ0v) is 12.6. The van der Waals surface area contributed by atoms with E-state index in [0.29, 0.717) is 5.56 Å². The Labute approximate surface area is 128 Å². The van der Waals surface area contributed by atoms with Crippen molar-refractivity contribution in [3.05, 3.63) is 63.4 Å². The molecular weight excluding hydrogens is 341 g/mol. The number of rotatable bonds is 3. The van der Waals surface area contributed by atoms with Crippen molar-refractivity contribution in [2.75, 3.05) is 5.32 Å². The van der Waals surface area contributed by atoms with E-state index in [4.69, 9.17) is 5.11 Å². The summed E-state index contributed by atoms with van der Waals surface area (Å²) in [5.74, 6) is -2.63. The maximum atomic E-state index is 13.3. The first kappa shape index (κ1) is 15.2. The molecule has 0 heterocycles. The molecule has 0 saturated heterocycles. The lowest BCUT2D eigenvalue weighted by atomic mass is 10.1. The highest BCUT2D eigenvalue weighted by molar-refractivity contribution is 9.10. The number of carbonyl (C=O) groups excluding carboxylic acids is 1. The lowest BCUT2D eigenvalue weighted by molar-refractivity contribution is 0.0691. The second kappa shape index (κ2) is 6.05. The summed E-state index contributed by atoms with van der Waals surface area (Å²) in [4.78, 5) is 23.0. The topological polar surface area (TPSA) is 66.4 Å². The maximum Gasteiger partial charge on any atom is 0.338 e. The fourth-order valence-corrected chi connectivity index (χ4v) is 2.17. The lowest BCUT2D eigenvalue weighted by Crippen LogP contribution is -2.14. The van der Waals surface area contributed by atoms with Gasteiger partial charge in [0.2, 0.25) is 0 Å². The third-order valence-electron chi connectivity index (χ3n) is 2.90. The zero-order valence-electron chi connectivity index (χ0n) is 11.0. The van der Waals surface area contributed by atoms with E-state index in [9.17, 15) is 14.0 Å². The van der Waals surface area contributed by atoms with E-state index in [1.54, 1.807) is 19.1 Å². The molecule has 0 fully saturated rings. The smallest absolute Gasteiger partial charge is 0.338 e. The first-order chi connectivity index (χ1) is 9.88. The minimum atomic E-state index is -1.39. The molecule has 0 aliphatic rings. The Morgan fingerprint density at radius 2 is 1.86 bits per heavy atom. The standard InChI is InChI=1S/C15H11BrFNO3/c1-8-2-3-9(16)6-11(8)14(19)18-10-4-5-13(17)12(7-10)15(20)21/h2-7H,1H3,(H,18,19)(H,20,21). The number of nitrogens with one attached hydrogen (secondary N) is 1. The number of anilines is 1. The van der Waals surface area contributed by atoms with Crippen LogP contribution in [0.1, 0.15) is 26.3 Å². The fraction of sp³-hybridized carbons (Fsp3) is 0.0667. The monoisotopic (exact) mass is 351 g/mol. The summed E-state index contributed by atoms with van der Waals surface area (Å²) in [5, 5.41) is 11.4. The van der Waals surface area contributed by atoms with Gasteiger partial charge in [-0.1, -0.05) is 22.0 Å². The largest absolute Gasteiger partial charge is 0.478 e. The van der Waals surface area contributed by atoms with Crippen molar-refractivity contribution in [3.63, 3.8) is 0 Å². The summed E-state index contributed by atoms with van der Waals surface area (Å²) < 4.78 is 14.1. The van der Waals surface area contributed by atoms with Gasteiger partial charge in [0.25, 0.3) is 5.91 Å². The Morgan fingerprint density at radius 1 is 1.14 bits per heavy atom. The molecule has 4 nitrogen and oxygen atoms in total. The molecular formula is C15H11BrFNO3. The quantitative estimate of drug-likeness (QED) is 0.882. The molecule has 0 aliphatic carbocycles. The van der Waals surface area contributed by atoms with Crippen LogP contribution in [0.5, 0.6) is 0 Å². The van der Waals surface area contributed by atoms with Crippen molar-refractivity contribution in [2.45, 2.75) is 6.92 Å². The molecule has 0 aromatic heterocycles. The lowest BCUT2D eigenvalue weighted by Gasteiger charge is -2.09. The second-order valence-electron chi connectivity index (χ2n) is 4.41. The summed E-state index contributed by atoms with van der Waals surface area (Å²) in [5.41, 5.74) is 0.957.